The summed E-state index contributed by atoms with van der Waals surface area (Å²) < 4.78 is 0. The normalized spacial score (nSPS) is 18.7. The van der Waals surface area contributed by atoms with Crippen molar-refractivity contribution in [2.24, 2.45) is 4.99 Å². The van der Waals surface area contributed by atoms with E-state index in [4.69, 9.17) is 0 Å². The summed E-state index contributed by atoms with van der Waals surface area (Å²) in [6.07, 6.45) is 5.65. The molecule has 1 aliphatic heterocycles. The van der Waals surface area contributed by atoms with E-state index < -0.39 is 0 Å². The van der Waals surface area contributed by atoms with Gasteiger partial charge in [-0.15, -0.1) is 0 Å². The van der Waals surface area contributed by atoms with Crippen molar-refractivity contribution in [1.29, 1.82) is 0 Å². The van der Waals surface area contributed by atoms with Gasteiger partial charge in [0.25, 0.3) is 0 Å². The Labute approximate surface area is 79.8 Å². The van der Waals surface area contributed by atoms with Crippen LogP contribution in [0.5, 0.6) is 0 Å². The lowest BCUT2D eigenvalue weighted by atomic mass is 10.4. The Morgan fingerprint density at radius 1 is 1.46 bits per heavy atom. The second-order valence-corrected chi connectivity index (χ2v) is 2.96. The first-order chi connectivity index (χ1) is 6.34. The zero-order chi connectivity index (χ0) is 9.52. The van der Waals surface area contributed by atoms with Gasteiger partial charge in [0.05, 0.1) is 0 Å². The van der Waals surface area contributed by atoms with Crippen LogP contribution in [0, 0.1) is 0 Å². The molecule has 1 N–H and O–H groups in total. The number of nitrogens with zero attached hydrogens (tertiary/aromatic N) is 2. The number of piperazine rings is 1. The Kier molecular flexibility index (Phi) is 4.26. The SMILES string of the molecule is C=C(/N=C\C=C/C)N1CCNCC1. The van der Waals surface area contributed by atoms with Gasteiger partial charge in [-0.3, -0.25) is 0 Å². The van der Waals surface area contributed by atoms with Crippen molar-refractivity contribution in [3.8, 4) is 0 Å². The fraction of sp³-hybridized carbons (Fsp3) is 0.500. The number of allylic oxidation sites excluding steroid dienone is 2. The molecule has 0 aromatic carbocycles. The van der Waals surface area contributed by atoms with Crippen molar-refractivity contribution in [3.63, 3.8) is 0 Å². The minimum Gasteiger partial charge on any atom is -0.355 e. The molecule has 0 aromatic heterocycles. The average Bonchev–Trinajstić information content (AvgIpc) is 2.19. The number of rotatable bonds is 3. The van der Waals surface area contributed by atoms with Crippen molar-refractivity contribution in [1.82, 2.24) is 10.2 Å². The predicted molar refractivity (Wildman–Crippen MR) is 56.9 cm³/mol. The predicted octanol–water partition coefficient (Wildman–Crippen LogP) is 1.01. The molecule has 0 saturated carbocycles. The average molecular weight is 179 g/mol. The van der Waals surface area contributed by atoms with E-state index in [1.807, 2.05) is 19.1 Å². The Balaban J connectivity index is 2.37. The molecule has 3 nitrogen and oxygen atoms in total. The fourth-order valence-electron chi connectivity index (χ4n) is 1.22. The molecule has 0 spiro atoms. The first kappa shape index (κ1) is 9.99. The Morgan fingerprint density at radius 3 is 2.77 bits per heavy atom. The standard InChI is InChI=1S/C10H17N3/c1-3-4-5-12-10(2)13-8-6-11-7-9-13/h3-5,11H,2,6-9H2,1H3/b4-3-,12-5-. The summed E-state index contributed by atoms with van der Waals surface area (Å²) >= 11 is 0. The van der Waals surface area contributed by atoms with Gasteiger partial charge in [0.2, 0.25) is 0 Å². The minimum absolute atomic E-state index is 0.861. The largest absolute Gasteiger partial charge is 0.355 e. The van der Waals surface area contributed by atoms with Gasteiger partial charge in [-0.25, -0.2) is 4.99 Å². The van der Waals surface area contributed by atoms with E-state index in [0.29, 0.717) is 0 Å². The van der Waals surface area contributed by atoms with E-state index in [1.165, 1.54) is 0 Å². The smallest absolute Gasteiger partial charge is 0.121 e. The quantitative estimate of drug-likeness (QED) is 0.655. The zero-order valence-corrected chi connectivity index (χ0v) is 8.16. The summed E-state index contributed by atoms with van der Waals surface area (Å²) in [4.78, 5) is 6.42. The third-order valence-corrected chi connectivity index (χ3v) is 1.98. The van der Waals surface area contributed by atoms with Crippen LogP contribution in [0.15, 0.2) is 29.5 Å². The van der Waals surface area contributed by atoms with Crippen LogP contribution >= 0.6 is 0 Å². The number of hydrogen-bond acceptors (Lipinski definition) is 3. The number of aliphatic imine (C=N–C) groups is 1. The molecule has 0 aromatic rings. The topological polar surface area (TPSA) is 27.6 Å². The third kappa shape index (κ3) is 3.42. The molecule has 0 radical (unpaired) electrons. The van der Waals surface area contributed by atoms with Crippen LogP contribution < -0.4 is 5.32 Å². The van der Waals surface area contributed by atoms with Gasteiger partial charge in [-0.05, 0) is 13.0 Å². The lowest BCUT2D eigenvalue weighted by molar-refractivity contribution is 0.298. The monoisotopic (exact) mass is 179 g/mol. The first-order valence-electron chi connectivity index (χ1n) is 4.64. The summed E-state index contributed by atoms with van der Waals surface area (Å²) in [6.45, 7) is 9.95. The third-order valence-electron chi connectivity index (χ3n) is 1.98. The molecule has 13 heavy (non-hydrogen) atoms. The van der Waals surface area contributed by atoms with Crippen molar-refractivity contribution in [2.75, 3.05) is 26.2 Å². The molecule has 0 unspecified atom stereocenters. The highest BCUT2D eigenvalue weighted by molar-refractivity contribution is 5.71. The molecular formula is C10H17N3. The van der Waals surface area contributed by atoms with Gasteiger partial charge in [-0.2, -0.15) is 0 Å². The molecular weight excluding hydrogens is 162 g/mol. The maximum atomic E-state index is 4.23. The van der Waals surface area contributed by atoms with Crippen LogP contribution in [-0.4, -0.2) is 37.3 Å². The molecule has 3 heteroatoms. The van der Waals surface area contributed by atoms with Gasteiger partial charge < -0.3 is 10.2 Å². The van der Waals surface area contributed by atoms with E-state index in [2.05, 4.69) is 21.8 Å². The highest BCUT2D eigenvalue weighted by atomic mass is 15.2. The Morgan fingerprint density at radius 2 is 2.15 bits per heavy atom. The number of hydrogen-bond donors (Lipinski definition) is 1. The van der Waals surface area contributed by atoms with Crippen LogP contribution in [0.3, 0.4) is 0 Å². The van der Waals surface area contributed by atoms with Crippen molar-refractivity contribution >= 4 is 6.21 Å². The van der Waals surface area contributed by atoms with Crippen LogP contribution in [0.25, 0.3) is 0 Å². The maximum absolute atomic E-state index is 4.23. The summed E-state index contributed by atoms with van der Waals surface area (Å²) in [5.41, 5.74) is 0. The summed E-state index contributed by atoms with van der Waals surface area (Å²) in [5.74, 6) is 0.861. The molecule has 0 aliphatic carbocycles. The lowest BCUT2D eigenvalue weighted by Gasteiger charge is -2.28. The van der Waals surface area contributed by atoms with Gasteiger partial charge >= 0.3 is 0 Å². The molecule has 1 saturated heterocycles. The molecule has 72 valence electrons. The highest BCUT2D eigenvalue weighted by Crippen LogP contribution is 2.03. The Bertz CT molecular complexity index is 212. The molecule has 1 fully saturated rings. The van der Waals surface area contributed by atoms with E-state index in [1.54, 1.807) is 6.21 Å². The molecule has 1 rings (SSSR count). The summed E-state index contributed by atoms with van der Waals surface area (Å²) in [7, 11) is 0. The van der Waals surface area contributed by atoms with Crippen molar-refractivity contribution in [2.45, 2.75) is 6.92 Å². The van der Waals surface area contributed by atoms with Gasteiger partial charge in [0.1, 0.15) is 5.82 Å². The first-order valence-corrected chi connectivity index (χ1v) is 4.64. The van der Waals surface area contributed by atoms with E-state index in [0.717, 1.165) is 32.0 Å². The second-order valence-electron chi connectivity index (χ2n) is 2.96. The molecule has 0 atom stereocenters. The van der Waals surface area contributed by atoms with Crippen LogP contribution in [-0.2, 0) is 0 Å². The van der Waals surface area contributed by atoms with Crippen LogP contribution in [0.2, 0.25) is 0 Å². The van der Waals surface area contributed by atoms with Crippen LogP contribution in [0.1, 0.15) is 6.92 Å². The Hall–Kier alpha value is -1.09. The molecule has 1 aliphatic rings. The highest BCUT2D eigenvalue weighted by Gasteiger charge is 2.09. The van der Waals surface area contributed by atoms with Crippen LogP contribution in [0.4, 0.5) is 0 Å². The van der Waals surface area contributed by atoms with E-state index >= 15 is 0 Å². The zero-order valence-electron chi connectivity index (χ0n) is 8.16. The molecule has 0 amide bonds. The van der Waals surface area contributed by atoms with Gasteiger partial charge in [-0.1, -0.05) is 12.7 Å². The summed E-state index contributed by atoms with van der Waals surface area (Å²) in [6, 6.07) is 0. The fourth-order valence-corrected chi connectivity index (χ4v) is 1.22. The second kappa shape index (κ2) is 5.54. The maximum Gasteiger partial charge on any atom is 0.121 e. The number of nitrogens with one attached hydrogen (secondary N) is 1. The lowest BCUT2D eigenvalue weighted by Crippen LogP contribution is -2.42. The van der Waals surface area contributed by atoms with Crippen molar-refractivity contribution < 1.29 is 0 Å². The van der Waals surface area contributed by atoms with Gasteiger partial charge in [0, 0.05) is 32.4 Å². The van der Waals surface area contributed by atoms with E-state index in [9.17, 15) is 0 Å². The van der Waals surface area contributed by atoms with Gasteiger partial charge in [0.15, 0.2) is 0 Å². The molecule has 0 bridgehead atoms. The summed E-state index contributed by atoms with van der Waals surface area (Å²) in [5, 5.41) is 3.29. The molecule has 1 heterocycles. The van der Waals surface area contributed by atoms with Crippen molar-refractivity contribution in [3.05, 3.63) is 24.6 Å². The van der Waals surface area contributed by atoms with E-state index in [-0.39, 0.29) is 0 Å². The minimum atomic E-state index is 0.861.